The Labute approximate surface area is 224 Å². The van der Waals surface area contributed by atoms with Crippen LogP contribution in [0.2, 0.25) is 0 Å². The molecule has 1 amide bonds. The number of nitrogens with zero attached hydrogens (tertiary/aromatic N) is 3. The summed E-state index contributed by atoms with van der Waals surface area (Å²) in [5.41, 5.74) is 3.71. The Hall–Kier alpha value is -4.50. The van der Waals surface area contributed by atoms with Crippen molar-refractivity contribution in [2.24, 2.45) is 5.10 Å². The Bertz CT molecular complexity index is 1610. The molecule has 1 saturated heterocycles. The minimum absolute atomic E-state index is 0.0676. The van der Waals surface area contributed by atoms with E-state index in [9.17, 15) is 9.59 Å². The number of ether oxygens (including phenoxy) is 1. The number of pyridine rings is 1. The van der Waals surface area contributed by atoms with Crippen LogP contribution in [0.4, 0.5) is 10.1 Å². The summed E-state index contributed by atoms with van der Waals surface area (Å²) in [7, 11) is 0. The van der Waals surface area contributed by atoms with E-state index >= 15 is 4.39 Å². The zero-order chi connectivity index (χ0) is 26.8. The summed E-state index contributed by atoms with van der Waals surface area (Å²) in [6.45, 7) is 2.93. The van der Waals surface area contributed by atoms with Gasteiger partial charge in [0.2, 0.25) is 5.43 Å². The highest BCUT2D eigenvalue weighted by atomic mass is 19.1. The summed E-state index contributed by atoms with van der Waals surface area (Å²) in [5.74, 6) is 0.230. The molecule has 1 aliphatic heterocycles. The lowest BCUT2D eigenvalue weighted by atomic mass is 10.1. The number of piperazine rings is 1. The molecular formula is C30H28FN5O3. The van der Waals surface area contributed by atoms with Crippen molar-refractivity contribution in [1.82, 2.24) is 15.3 Å². The number of nitrogens with one attached hydrogen (secondary N) is 2. The molecule has 39 heavy (non-hydrogen) atoms. The lowest BCUT2D eigenvalue weighted by molar-refractivity contribution is 0.0953. The number of fused-ring (bicyclic) bond motifs is 1. The maximum Gasteiger partial charge on any atom is 0.276 e. The number of rotatable bonds is 7. The Morgan fingerprint density at radius 1 is 1.03 bits per heavy atom. The van der Waals surface area contributed by atoms with Gasteiger partial charge in [0.15, 0.2) is 0 Å². The molecule has 2 N–H and O–H groups in total. The lowest BCUT2D eigenvalue weighted by Gasteiger charge is -2.30. The van der Waals surface area contributed by atoms with Crippen LogP contribution in [0.5, 0.6) is 11.5 Å². The SMILES string of the molecule is O=C(N/N=C\c1cccc(Oc2ccccc2)c1)c1cn(C2CC2)c2cc(N3CCNCC3)c(F)cc2c1=O. The van der Waals surface area contributed by atoms with E-state index in [0.29, 0.717) is 41.4 Å². The Balaban J connectivity index is 1.24. The number of hydrogen-bond acceptors (Lipinski definition) is 6. The van der Waals surface area contributed by atoms with E-state index in [1.807, 2.05) is 58.0 Å². The smallest absolute Gasteiger partial charge is 0.276 e. The summed E-state index contributed by atoms with van der Waals surface area (Å²) in [5, 5.41) is 7.52. The molecule has 0 bridgehead atoms. The van der Waals surface area contributed by atoms with Gasteiger partial charge in [0, 0.05) is 43.8 Å². The number of benzene rings is 3. The Kier molecular flexibility index (Phi) is 6.81. The predicted octanol–water partition coefficient (Wildman–Crippen LogP) is 4.44. The monoisotopic (exact) mass is 525 g/mol. The van der Waals surface area contributed by atoms with Gasteiger partial charge in [-0.2, -0.15) is 5.10 Å². The van der Waals surface area contributed by atoms with E-state index in [2.05, 4.69) is 15.8 Å². The first kappa shape index (κ1) is 24.8. The van der Waals surface area contributed by atoms with Crippen molar-refractivity contribution >= 4 is 28.7 Å². The van der Waals surface area contributed by atoms with Gasteiger partial charge in [-0.3, -0.25) is 9.59 Å². The topological polar surface area (TPSA) is 88.0 Å². The molecule has 3 aromatic carbocycles. The van der Waals surface area contributed by atoms with Crippen molar-refractivity contribution in [2.75, 3.05) is 31.1 Å². The van der Waals surface area contributed by atoms with E-state index in [1.54, 1.807) is 18.3 Å². The van der Waals surface area contributed by atoms with E-state index in [1.165, 1.54) is 12.3 Å². The van der Waals surface area contributed by atoms with E-state index in [0.717, 1.165) is 25.9 Å². The highest BCUT2D eigenvalue weighted by Gasteiger charge is 2.28. The second-order valence-electron chi connectivity index (χ2n) is 9.75. The molecule has 0 atom stereocenters. The Morgan fingerprint density at radius 3 is 2.56 bits per heavy atom. The third-order valence-corrected chi connectivity index (χ3v) is 6.96. The van der Waals surface area contributed by atoms with Crippen LogP contribution in [0.15, 0.2) is 82.8 Å². The average Bonchev–Trinajstić information content (AvgIpc) is 3.80. The third kappa shape index (κ3) is 5.39. The molecule has 6 rings (SSSR count). The van der Waals surface area contributed by atoms with Crippen LogP contribution < -0.4 is 25.8 Å². The van der Waals surface area contributed by atoms with E-state index in [-0.39, 0.29) is 17.0 Å². The van der Waals surface area contributed by atoms with Crippen molar-refractivity contribution < 1.29 is 13.9 Å². The number of hydrogen-bond donors (Lipinski definition) is 2. The molecule has 198 valence electrons. The second-order valence-corrected chi connectivity index (χ2v) is 9.75. The Morgan fingerprint density at radius 2 is 1.79 bits per heavy atom. The van der Waals surface area contributed by atoms with Crippen LogP contribution in [0.25, 0.3) is 10.9 Å². The number of aromatic nitrogens is 1. The van der Waals surface area contributed by atoms with Crippen molar-refractivity contribution in [3.8, 4) is 11.5 Å². The van der Waals surface area contributed by atoms with Crippen LogP contribution in [-0.2, 0) is 0 Å². The van der Waals surface area contributed by atoms with Gasteiger partial charge in [0.1, 0.15) is 22.9 Å². The summed E-state index contributed by atoms with van der Waals surface area (Å²) in [6.07, 6.45) is 4.95. The van der Waals surface area contributed by atoms with Gasteiger partial charge in [-0.25, -0.2) is 9.82 Å². The van der Waals surface area contributed by atoms with Crippen LogP contribution in [0.1, 0.15) is 34.8 Å². The largest absolute Gasteiger partial charge is 0.457 e. The number of halogens is 1. The quantitative estimate of drug-likeness (QED) is 0.275. The van der Waals surface area contributed by atoms with Crippen molar-refractivity contribution in [2.45, 2.75) is 18.9 Å². The maximum absolute atomic E-state index is 15.2. The van der Waals surface area contributed by atoms with Gasteiger partial charge in [-0.15, -0.1) is 0 Å². The molecule has 1 aromatic heterocycles. The highest BCUT2D eigenvalue weighted by Crippen LogP contribution is 2.38. The summed E-state index contributed by atoms with van der Waals surface area (Å²) in [4.78, 5) is 28.3. The molecule has 1 aliphatic carbocycles. The molecular weight excluding hydrogens is 497 g/mol. The van der Waals surface area contributed by atoms with Crippen molar-refractivity contribution in [3.05, 3.63) is 100 Å². The average molecular weight is 526 g/mol. The molecule has 2 heterocycles. The van der Waals surface area contributed by atoms with Gasteiger partial charge in [0.25, 0.3) is 5.91 Å². The minimum Gasteiger partial charge on any atom is -0.457 e. The molecule has 8 nitrogen and oxygen atoms in total. The van der Waals surface area contributed by atoms with Gasteiger partial charge in [-0.05, 0) is 54.8 Å². The molecule has 0 unspecified atom stereocenters. The first-order valence-electron chi connectivity index (χ1n) is 13.1. The highest BCUT2D eigenvalue weighted by molar-refractivity contribution is 5.98. The number of hydrazone groups is 1. The fraction of sp³-hybridized carbons (Fsp3) is 0.233. The van der Waals surface area contributed by atoms with Crippen LogP contribution in [0.3, 0.4) is 0 Å². The molecule has 2 fully saturated rings. The van der Waals surface area contributed by atoms with Crippen LogP contribution >= 0.6 is 0 Å². The number of carbonyl (C=O) groups is 1. The number of amides is 1. The zero-order valence-electron chi connectivity index (χ0n) is 21.3. The third-order valence-electron chi connectivity index (χ3n) is 6.96. The molecule has 1 saturated carbocycles. The molecule has 0 radical (unpaired) electrons. The molecule has 0 spiro atoms. The fourth-order valence-corrected chi connectivity index (χ4v) is 4.83. The fourth-order valence-electron chi connectivity index (χ4n) is 4.83. The summed E-state index contributed by atoms with van der Waals surface area (Å²) >= 11 is 0. The van der Waals surface area contributed by atoms with E-state index in [4.69, 9.17) is 4.74 Å². The van der Waals surface area contributed by atoms with Gasteiger partial charge in [-0.1, -0.05) is 30.3 Å². The number of anilines is 1. The van der Waals surface area contributed by atoms with Gasteiger partial charge >= 0.3 is 0 Å². The lowest BCUT2D eigenvalue weighted by Crippen LogP contribution is -2.43. The zero-order valence-corrected chi connectivity index (χ0v) is 21.3. The molecule has 9 heteroatoms. The first-order valence-corrected chi connectivity index (χ1v) is 13.1. The first-order chi connectivity index (χ1) is 19.1. The van der Waals surface area contributed by atoms with Gasteiger partial charge < -0.3 is 19.5 Å². The maximum atomic E-state index is 15.2. The molecule has 4 aromatic rings. The minimum atomic E-state index is -0.643. The van der Waals surface area contributed by atoms with Crippen molar-refractivity contribution in [3.63, 3.8) is 0 Å². The standard InChI is InChI=1S/C30H28FN5O3/c31-26-16-24-27(17-28(26)35-13-11-32-12-14-35)36(21-9-10-21)19-25(29(24)37)30(38)34-33-18-20-5-4-8-23(15-20)39-22-6-2-1-3-7-22/h1-8,15-19,21,32H,9-14H2,(H,34,38)/b33-18-. The summed E-state index contributed by atoms with van der Waals surface area (Å²) < 4.78 is 23.0. The van der Waals surface area contributed by atoms with E-state index < -0.39 is 17.2 Å². The number of para-hydroxylation sites is 1. The second kappa shape index (κ2) is 10.7. The van der Waals surface area contributed by atoms with Crippen molar-refractivity contribution in [1.29, 1.82) is 0 Å². The normalized spacial score (nSPS) is 15.6. The number of carbonyl (C=O) groups excluding carboxylic acids is 1. The predicted molar refractivity (Wildman–Crippen MR) is 150 cm³/mol. The molecule has 2 aliphatic rings. The van der Waals surface area contributed by atoms with Crippen LogP contribution in [-0.4, -0.2) is 42.9 Å². The van der Waals surface area contributed by atoms with Gasteiger partial charge in [0.05, 0.1) is 17.4 Å². The van der Waals surface area contributed by atoms with Crippen LogP contribution in [0, 0.1) is 5.82 Å². The summed E-state index contributed by atoms with van der Waals surface area (Å²) in [6, 6.07) is 19.9.